The molecular weight excluding hydrogens is 622 g/mol. The van der Waals surface area contributed by atoms with Crippen LogP contribution in [0.15, 0.2) is 88.3 Å². The molecular formula is C31H25BrClN5O4. The molecule has 2 aromatic heterocycles. The zero-order valence-electron chi connectivity index (χ0n) is 22.5. The van der Waals surface area contributed by atoms with Crippen molar-refractivity contribution in [2.75, 3.05) is 13.7 Å². The smallest absolute Gasteiger partial charge is 0.333 e. The number of fused-ring (bicyclic) bond motifs is 2. The third kappa shape index (κ3) is 5.08. The van der Waals surface area contributed by atoms with Crippen LogP contribution in [0, 0.1) is 0 Å². The molecule has 0 aliphatic carbocycles. The van der Waals surface area contributed by atoms with Crippen LogP contribution in [0.1, 0.15) is 32.1 Å². The fourth-order valence-corrected chi connectivity index (χ4v) is 5.65. The number of carbonyl (C=O) groups excluding carboxylic acids is 2. The molecule has 212 valence electrons. The number of nitrogens with one attached hydrogen (secondary N) is 1. The minimum atomic E-state index is -0.439. The van der Waals surface area contributed by atoms with Gasteiger partial charge in [0, 0.05) is 41.3 Å². The van der Waals surface area contributed by atoms with E-state index in [0.717, 1.165) is 16.5 Å². The van der Waals surface area contributed by atoms with Crippen molar-refractivity contribution in [3.63, 3.8) is 0 Å². The number of imidazole rings is 1. The first kappa shape index (κ1) is 27.7. The van der Waals surface area contributed by atoms with Gasteiger partial charge in [-0.15, -0.1) is 0 Å². The van der Waals surface area contributed by atoms with E-state index < -0.39 is 5.91 Å². The number of pyridine rings is 1. The van der Waals surface area contributed by atoms with E-state index in [-0.39, 0.29) is 36.9 Å². The second-order valence-corrected chi connectivity index (χ2v) is 11.1. The number of amides is 2. The highest BCUT2D eigenvalue weighted by atomic mass is 79.9. The van der Waals surface area contributed by atoms with Crippen LogP contribution in [-0.2, 0) is 19.6 Å². The number of rotatable bonds is 6. The topological polar surface area (TPSA) is 98.5 Å². The molecule has 1 aliphatic heterocycles. The van der Waals surface area contributed by atoms with Gasteiger partial charge in [-0.05, 0) is 70.0 Å². The van der Waals surface area contributed by atoms with E-state index in [1.165, 1.54) is 4.57 Å². The van der Waals surface area contributed by atoms with Crippen molar-refractivity contribution in [1.82, 2.24) is 24.3 Å². The summed E-state index contributed by atoms with van der Waals surface area (Å²) in [7, 11) is 1.56. The van der Waals surface area contributed by atoms with E-state index in [1.807, 2.05) is 30.3 Å². The summed E-state index contributed by atoms with van der Waals surface area (Å²) < 4.78 is 8.93. The number of hydrogen-bond acceptors (Lipinski definition) is 5. The van der Waals surface area contributed by atoms with Crippen LogP contribution in [-0.4, -0.2) is 44.5 Å². The molecule has 1 aliphatic rings. The molecule has 0 bridgehead atoms. The van der Waals surface area contributed by atoms with Crippen LogP contribution in [0.3, 0.4) is 0 Å². The molecule has 0 atom stereocenters. The first-order valence-corrected chi connectivity index (χ1v) is 14.4. The highest BCUT2D eigenvalue weighted by Crippen LogP contribution is 2.26. The molecule has 3 aromatic carbocycles. The van der Waals surface area contributed by atoms with Gasteiger partial charge in [0.25, 0.3) is 11.8 Å². The van der Waals surface area contributed by atoms with Crippen molar-refractivity contribution in [3.05, 3.63) is 121 Å². The number of halogens is 2. The Hall–Kier alpha value is -4.41. The Balaban J connectivity index is 1.38. The molecule has 0 spiro atoms. The molecule has 42 heavy (non-hydrogen) atoms. The Labute approximate surface area is 254 Å². The van der Waals surface area contributed by atoms with Crippen molar-refractivity contribution in [2.45, 2.75) is 19.6 Å². The summed E-state index contributed by atoms with van der Waals surface area (Å²) in [4.78, 5) is 47.2. The number of nitrogens with zero attached hydrogens (tertiary/aromatic N) is 4. The Morgan fingerprint density at radius 2 is 1.83 bits per heavy atom. The minimum absolute atomic E-state index is 0.0729. The van der Waals surface area contributed by atoms with Gasteiger partial charge in [0.1, 0.15) is 11.4 Å². The number of benzene rings is 3. The molecule has 0 saturated heterocycles. The molecule has 9 nitrogen and oxygen atoms in total. The van der Waals surface area contributed by atoms with E-state index in [0.29, 0.717) is 38.7 Å². The van der Waals surface area contributed by atoms with E-state index in [1.54, 1.807) is 65.2 Å². The predicted molar refractivity (Wildman–Crippen MR) is 163 cm³/mol. The standard InChI is InChI=1S/C31H25BrClN5O4/c1-42-23-10-8-22(9-11-23)38-28(29(39)35-17-21-5-2-4-19-6-3-13-34-27(19)21)26-18-36(14-15-37(26)31(38)41)30(40)20-7-12-24(32)25(33)16-20/h2-13,16H,14-15,17-18H2,1H3,(H,35,39). The maximum absolute atomic E-state index is 13.9. The highest BCUT2D eigenvalue weighted by molar-refractivity contribution is 9.10. The van der Waals surface area contributed by atoms with E-state index in [4.69, 9.17) is 16.3 Å². The molecule has 0 saturated carbocycles. The van der Waals surface area contributed by atoms with Gasteiger partial charge in [0.05, 0.1) is 35.6 Å². The SMILES string of the molecule is COc1ccc(-n2c(C(=O)NCc3cccc4cccnc34)c3n(c2=O)CCN(C(=O)c2ccc(Br)c(Cl)c2)C3)cc1. The van der Waals surface area contributed by atoms with Gasteiger partial charge in [-0.3, -0.25) is 23.7 Å². The number of hydrogen-bond donors (Lipinski definition) is 1. The van der Waals surface area contributed by atoms with Crippen molar-refractivity contribution in [3.8, 4) is 11.4 Å². The number of para-hydroxylation sites is 1. The molecule has 5 aromatic rings. The average Bonchev–Trinajstić information content (AvgIpc) is 3.32. The minimum Gasteiger partial charge on any atom is -0.497 e. The first-order valence-electron chi connectivity index (χ1n) is 13.2. The number of carbonyl (C=O) groups is 2. The van der Waals surface area contributed by atoms with Gasteiger partial charge < -0.3 is 15.0 Å². The van der Waals surface area contributed by atoms with Crippen LogP contribution in [0.2, 0.25) is 5.02 Å². The van der Waals surface area contributed by atoms with Crippen molar-refractivity contribution in [2.24, 2.45) is 0 Å². The molecule has 0 unspecified atom stereocenters. The second-order valence-electron chi connectivity index (χ2n) is 9.79. The van der Waals surface area contributed by atoms with Crippen LogP contribution in [0.5, 0.6) is 5.75 Å². The summed E-state index contributed by atoms with van der Waals surface area (Å²) in [6, 6.07) is 21.5. The third-order valence-corrected chi connectivity index (χ3v) is 8.57. The fraction of sp³-hybridized carbons (Fsp3) is 0.161. The van der Waals surface area contributed by atoms with Crippen molar-refractivity contribution >= 4 is 50.2 Å². The normalized spacial score (nSPS) is 12.7. The summed E-state index contributed by atoms with van der Waals surface area (Å²) in [5, 5.41) is 4.37. The predicted octanol–water partition coefficient (Wildman–Crippen LogP) is 5.20. The first-order chi connectivity index (χ1) is 20.4. The Morgan fingerprint density at radius 1 is 1.05 bits per heavy atom. The van der Waals surface area contributed by atoms with Gasteiger partial charge in [0.2, 0.25) is 0 Å². The van der Waals surface area contributed by atoms with Gasteiger partial charge in [-0.1, -0.05) is 35.9 Å². The summed E-state index contributed by atoms with van der Waals surface area (Å²) in [5.41, 5.74) is 2.83. The highest BCUT2D eigenvalue weighted by Gasteiger charge is 2.32. The molecule has 0 fully saturated rings. The molecule has 11 heteroatoms. The summed E-state index contributed by atoms with van der Waals surface area (Å²) in [6.45, 7) is 0.813. The zero-order valence-corrected chi connectivity index (χ0v) is 24.9. The van der Waals surface area contributed by atoms with Crippen LogP contribution in [0.25, 0.3) is 16.6 Å². The van der Waals surface area contributed by atoms with Crippen molar-refractivity contribution in [1.29, 1.82) is 0 Å². The summed E-state index contributed by atoms with van der Waals surface area (Å²) >= 11 is 9.60. The molecule has 3 heterocycles. The quantitative estimate of drug-likeness (QED) is 0.274. The molecule has 6 rings (SSSR count). The lowest BCUT2D eigenvalue weighted by atomic mass is 10.1. The molecule has 2 amide bonds. The van der Waals surface area contributed by atoms with Gasteiger partial charge >= 0.3 is 5.69 Å². The van der Waals surface area contributed by atoms with E-state index >= 15 is 0 Å². The lowest BCUT2D eigenvalue weighted by Gasteiger charge is -2.28. The Morgan fingerprint density at radius 3 is 2.60 bits per heavy atom. The fourth-order valence-electron chi connectivity index (χ4n) is 5.22. The lowest BCUT2D eigenvalue weighted by molar-refractivity contribution is 0.0706. The number of aromatic nitrogens is 3. The van der Waals surface area contributed by atoms with Gasteiger partial charge in [-0.2, -0.15) is 0 Å². The van der Waals surface area contributed by atoms with E-state index in [9.17, 15) is 14.4 Å². The molecule has 0 radical (unpaired) electrons. The maximum Gasteiger partial charge on any atom is 0.333 e. The summed E-state index contributed by atoms with van der Waals surface area (Å²) in [5.74, 6) is -0.0609. The van der Waals surface area contributed by atoms with E-state index in [2.05, 4.69) is 26.2 Å². The van der Waals surface area contributed by atoms with Gasteiger partial charge in [-0.25, -0.2) is 4.79 Å². The number of methoxy groups -OCH3 is 1. The third-order valence-electron chi connectivity index (χ3n) is 7.33. The molecule has 1 N–H and O–H groups in total. The van der Waals surface area contributed by atoms with Crippen molar-refractivity contribution < 1.29 is 14.3 Å². The zero-order chi connectivity index (χ0) is 29.4. The Kier molecular flexibility index (Phi) is 7.57. The van der Waals surface area contributed by atoms with Crippen LogP contribution in [0.4, 0.5) is 0 Å². The van der Waals surface area contributed by atoms with Gasteiger partial charge in [0.15, 0.2) is 0 Å². The van der Waals surface area contributed by atoms with Crippen LogP contribution >= 0.6 is 27.5 Å². The average molecular weight is 647 g/mol. The largest absolute Gasteiger partial charge is 0.497 e. The monoisotopic (exact) mass is 645 g/mol. The van der Waals surface area contributed by atoms with Crippen LogP contribution < -0.4 is 15.7 Å². The number of ether oxygens (including phenoxy) is 1. The summed E-state index contributed by atoms with van der Waals surface area (Å²) in [6.07, 6.45) is 1.71. The lowest BCUT2D eigenvalue weighted by Crippen LogP contribution is -2.41. The second kappa shape index (κ2) is 11.5. The maximum atomic E-state index is 13.9. The Bertz CT molecular complexity index is 1900.